The minimum Gasteiger partial charge on any atom is -0.496 e. The van der Waals surface area contributed by atoms with Gasteiger partial charge in [0.25, 0.3) is 17.0 Å². The second-order valence-corrected chi connectivity index (χ2v) is 10.2. The van der Waals surface area contributed by atoms with E-state index >= 15 is 0 Å². The maximum Gasteiger partial charge on any atom is 0.271 e. The van der Waals surface area contributed by atoms with Gasteiger partial charge in [-0.25, -0.2) is 10.4 Å². The van der Waals surface area contributed by atoms with Crippen LogP contribution in [0.3, 0.4) is 0 Å². The highest BCUT2D eigenvalue weighted by molar-refractivity contribution is 7.98. The van der Waals surface area contributed by atoms with E-state index in [9.17, 15) is 9.59 Å². The molecule has 0 saturated carbocycles. The van der Waals surface area contributed by atoms with Gasteiger partial charge in [0.2, 0.25) is 0 Å². The number of methoxy groups -OCH3 is 1. The van der Waals surface area contributed by atoms with E-state index in [1.54, 1.807) is 61.9 Å². The van der Waals surface area contributed by atoms with Crippen LogP contribution in [0.1, 0.15) is 21.5 Å². The number of nitrogens with one attached hydrogen (secondary N) is 2. The highest BCUT2D eigenvalue weighted by Crippen LogP contribution is 2.30. The van der Waals surface area contributed by atoms with Crippen LogP contribution < -0.4 is 20.2 Å². The van der Waals surface area contributed by atoms with Gasteiger partial charge in [-0.15, -0.1) is 0 Å². The van der Waals surface area contributed by atoms with E-state index in [4.69, 9.17) is 25.5 Å². The van der Waals surface area contributed by atoms with Crippen molar-refractivity contribution in [1.29, 1.82) is 0 Å². The van der Waals surface area contributed by atoms with E-state index in [-0.39, 0.29) is 12.5 Å². The fourth-order valence-electron chi connectivity index (χ4n) is 3.88. The monoisotopic (exact) mass is 600 g/mol. The highest BCUT2D eigenvalue weighted by atomic mass is 35.5. The lowest BCUT2D eigenvalue weighted by atomic mass is 10.1. The first-order valence-electron chi connectivity index (χ1n) is 12.7. The summed E-state index contributed by atoms with van der Waals surface area (Å²) in [5, 5.41) is 7.80. The first-order chi connectivity index (χ1) is 20.5. The van der Waals surface area contributed by atoms with E-state index in [1.807, 2.05) is 42.5 Å². The lowest BCUT2D eigenvalue weighted by molar-refractivity contribution is -0.118. The number of hydrogen-bond acceptors (Lipinski definition) is 8. The molecule has 1 heterocycles. The first-order valence-corrected chi connectivity index (χ1v) is 14.1. The Morgan fingerprint density at radius 3 is 2.57 bits per heavy atom. The molecule has 2 amide bonds. The van der Waals surface area contributed by atoms with Crippen LogP contribution in [0.15, 0.2) is 106 Å². The van der Waals surface area contributed by atoms with E-state index in [0.717, 1.165) is 28.0 Å². The molecular weight excluding hydrogens is 576 g/mol. The van der Waals surface area contributed by atoms with Crippen LogP contribution in [0, 0.1) is 0 Å². The summed E-state index contributed by atoms with van der Waals surface area (Å²) in [6.45, 7) is -0.205. The molecule has 5 rings (SSSR count). The van der Waals surface area contributed by atoms with Gasteiger partial charge in [0.05, 0.1) is 18.3 Å². The number of carbonyl (C=O) groups is 2. The van der Waals surface area contributed by atoms with Gasteiger partial charge in [0.1, 0.15) is 17.0 Å². The molecule has 0 spiro atoms. The summed E-state index contributed by atoms with van der Waals surface area (Å²) in [6.07, 6.45) is 1.55. The largest absolute Gasteiger partial charge is 0.496 e. The van der Waals surface area contributed by atoms with Gasteiger partial charge in [0, 0.05) is 22.6 Å². The summed E-state index contributed by atoms with van der Waals surface area (Å²) in [5.41, 5.74) is 6.67. The Hall–Kier alpha value is -4.80. The molecule has 42 heavy (non-hydrogen) atoms. The summed E-state index contributed by atoms with van der Waals surface area (Å²) in [5.74, 6) is 0.960. The van der Waals surface area contributed by atoms with Crippen LogP contribution in [-0.4, -0.2) is 36.7 Å². The number of ether oxygens (including phenoxy) is 2. The number of nitrogens with zero attached hydrogens (tertiary/aromatic N) is 2. The Morgan fingerprint density at radius 2 is 1.79 bits per heavy atom. The van der Waals surface area contributed by atoms with Crippen LogP contribution in [0.4, 0.5) is 5.69 Å². The molecule has 0 bridgehead atoms. The fraction of sp³-hybridized carbons (Fsp3) is 0.0968. The first kappa shape index (κ1) is 28.7. The van der Waals surface area contributed by atoms with Crippen molar-refractivity contribution in [1.82, 2.24) is 10.4 Å². The molecule has 9 nitrogen and oxygen atoms in total. The quantitative estimate of drug-likeness (QED) is 0.100. The number of hydrogen-bond donors (Lipinski definition) is 2. The second-order valence-electron chi connectivity index (χ2n) is 8.85. The molecule has 1 aromatic heterocycles. The highest BCUT2D eigenvalue weighted by Gasteiger charge is 2.11. The third-order valence-electron chi connectivity index (χ3n) is 5.94. The predicted molar refractivity (Wildman–Crippen MR) is 164 cm³/mol. The van der Waals surface area contributed by atoms with E-state index in [0.29, 0.717) is 33.0 Å². The summed E-state index contributed by atoms with van der Waals surface area (Å²) in [6, 6.07) is 26.5. The van der Waals surface area contributed by atoms with Crippen molar-refractivity contribution >= 4 is 58.2 Å². The van der Waals surface area contributed by atoms with Crippen LogP contribution in [-0.2, 0) is 10.5 Å². The number of halogens is 1. The summed E-state index contributed by atoms with van der Waals surface area (Å²) < 4.78 is 16.7. The van der Waals surface area contributed by atoms with Crippen molar-refractivity contribution < 1.29 is 23.5 Å². The molecule has 0 aliphatic rings. The van der Waals surface area contributed by atoms with E-state index < -0.39 is 5.91 Å². The van der Waals surface area contributed by atoms with Crippen molar-refractivity contribution in [3.63, 3.8) is 0 Å². The molecule has 5 aromatic rings. The molecule has 0 fully saturated rings. The minimum atomic E-state index is -0.397. The van der Waals surface area contributed by atoms with E-state index in [1.165, 1.54) is 11.8 Å². The lowest BCUT2D eigenvalue weighted by Gasteiger charge is -2.09. The average Bonchev–Trinajstić information content (AvgIpc) is 3.43. The molecule has 0 unspecified atom stereocenters. The summed E-state index contributed by atoms with van der Waals surface area (Å²) in [4.78, 5) is 29.3. The Bertz CT molecular complexity index is 1710. The second kappa shape index (κ2) is 13.7. The predicted octanol–water partition coefficient (Wildman–Crippen LogP) is 6.56. The third kappa shape index (κ3) is 7.48. The van der Waals surface area contributed by atoms with Crippen LogP contribution in [0.25, 0.3) is 11.1 Å². The fourth-order valence-corrected chi connectivity index (χ4v) is 4.89. The maximum absolute atomic E-state index is 12.6. The van der Waals surface area contributed by atoms with Crippen molar-refractivity contribution in [2.45, 2.75) is 11.0 Å². The van der Waals surface area contributed by atoms with Gasteiger partial charge in [-0.1, -0.05) is 47.6 Å². The molecule has 11 heteroatoms. The molecule has 0 saturated heterocycles. The number of rotatable bonds is 11. The van der Waals surface area contributed by atoms with Crippen molar-refractivity contribution in [3.8, 4) is 11.5 Å². The van der Waals surface area contributed by atoms with Gasteiger partial charge in [-0.2, -0.15) is 5.10 Å². The van der Waals surface area contributed by atoms with Gasteiger partial charge in [0.15, 0.2) is 12.2 Å². The molecule has 4 aromatic carbocycles. The lowest BCUT2D eigenvalue weighted by Crippen LogP contribution is -2.20. The molecule has 212 valence electrons. The number of thioether (sulfide) groups is 1. The zero-order valence-corrected chi connectivity index (χ0v) is 23.9. The number of fused-ring (bicyclic) bond motifs is 1. The van der Waals surface area contributed by atoms with Crippen LogP contribution in [0.5, 0.6) is 11.5 Å². The molecule has 2 N–H and O–H groups in total. The standard InChI is InChI=1S/C31H25ClN4O5S/c1-39-26-15-10-20(16-22(26)19-42-31-35-25-7-3-5-9-28(25)41-31)17-33-36-30(38)21-11-13-23(14-12-21)34-29(37)18-40-27-8-4-2-6-24(27)32/h2-17H,18-19H2,1H3,(H,34,37)(H,36,38)/b33-17+. The third-order valence-corrected chi connectivity index (χ3v) is 7.13. The number of amides is 2. The molecule has 0 radical (unpaired) electrons. The number of carbonyl (C=O) groups excluding carboxylic acids is 2. The summed E-state index contributed by atoms with van der Waals surface area (Å²) in [7, 11) is 1.61. The SMILES string of the molecule is COc1ccc(/C=N/NC(=O)c2ccc(NC(=O)COc3ccccc3Cl)cc2)cc1CSc1nc2ccccc2o1. The number of benzene rings is 4. The topological polar surface area (TPSA) is 115 Å². The molecule has 0 atom stereocenters. The van der Waals surface area contributed by atoms with Gasteiger partial charge in [-0.05, 0) is 72.3 Å². The minimum absolute atomic E-state index is 0.205. The molecular formula is C31H25ClN4O5S. The Balaban J connectivity index is 1.13. The number of oxazole rings is 1. The Kier molecular flexibility index (Phi) is 9.37. The zero-order chi connectivity index (χ0) is 29.3. The van der Waals surface area contributed by atoms with Crippen molar-refractivity contribution in [3.05, 3.63) is 113 Å². The van der Waals surface area contributed by atoms with Crippen LogP contribution in [0.2, 0.25) is 5.02 Å². The molecule has 0 aliphatic heterocycles. The number of hydrazone groups is 1. The number of para-hydroxylation sites is 3. The van der Waals surface area contributed by atoms with Crippen LogP contribution >= 0.6 is 23.4 Å². The van der Waals surface area contributed by atoms with Gasteiger partial charge in [-0.3, -0.25) is 9.59 Å². The molecule has 0 aliphatic carbocycles. The number of anilines is 1. The maximum atomic E-state index is 12.6. The van der Waals surface area contributed by atoms with E-state index in [2.05, 4.69) is 20.8 Å². The Morgan fingerprint density at radius 1 is 1.00 bits per heavy atom. The van der Waals surface area contributed by atoms with Gasteiger partial charge < -0.3 is 19.2 Å². The normalized spacial score (nSPS) is 11.0. The smallest absolute Gasteiger partial charge is 0.271 e. The average molecular weight is 601 g/mol. The van der Waals surface area contributed by atoms with Gasteiger partial charge >= 0.3 is 0 Å². The summed E-state index contributed by atoms with van der Waals surface area (Å²) >= 11 is 7.49. The van der Waals surface area contributed by atoms with Crippen molar-refractivity contribution in [2.75, 3.05) is 19.0 Å². The zero-order valence-electron chi connectivity index (χ0n) is 22.4. The van der Waals surface area contributed by atoms with Crippen molar-refractivity contribution in [2.24, 2.45) is 5.10 Å². The Labute approximate surface area is 250 Å². The number of aromatic nitrogens is 1.